The second-order valence-electron chi connectivity index (χ2n) is 3.27. The molecule has 0 saturated carbocycles. The molecule has 4 nitrogen and oxygen atoms in total. The first-order valence-corrected chi connectivity index (χ1v) is 5.98. The Morgan fingerprint density at radius 3 is 2.78 bits per heavy atom. The van der Waals surface area contributed by atoms with Crippen LogP contribution in [0, 0.1) is 0 Å². The number of nitrogens with two attached hydrogens (primary N) is 1. The third kappa shape index (κ3) is 3.07. The Hall–Kier alpha value is -1.43. The van der Waals surface area contributed by atoms with Crippen LogP contribution in [0.1, 0.15) is 5.69 Å². The molecule has 1 aromatic heterocycles. The number of ether oxygens (including phenoxy) is 1. The third-order valence-corrected chi connectivity index (χ3v) is 2.74. The zero-order valence-electron chi connectivity index (χ0n) is 8.93. The van der Waals surface area contributed by atoms with Crippen molar-refractivity contribution >= 4 is 40.4 Å². The number of halogens is 2. The highest BCUT2D eigenvalue weighted by Crippen LogP contribution is 2.30. The molecular formula is C11H7Cl2N3OS. The molecule has 7 heteroatoms. The van der Waals surface area contributed by atoms with E-state index in [2.05, 4.69) is 9.97 Å². The van der Waals surface area contributed by atoms with Gasteiger partial charge in [0.1, 0.15) is 10.7 Å². The van der Waals surface area contributed by atoms with Gasteiger partial charge in [-0.1, -0.05) is 35.4 Å². The van der Waals surface area contributed by atoms with E-state index in [1.54, 1.807) is 24.3 Å². The van der Waals surface area contributed by atoms with Crippen LogP contribution in [0.15, 0.2) is 30.5 Å². The summed E-state index contributed by atoms with van der Waals surface area (Å²) in [4.78, 5) is 8.14. The van der Waals surface area contributed by atoms with Gasteiger partial charge < -0.3 is 10.5 Å². The van der Waals surface area contributed by atoms with Gasteiger partial charge in [-0.2, -0.15) is 4.98 Å². The summed E-state index contributed by atoms with van der Waals surface area (Å²) >= 11 is 16.6. The lowest BCUT2D eigenvalue weighted by Crippen LogP contribution is -2.12. The van der Waals surface area contributed by atoms with Crippen LogP contribution in [0.3, 0.4) is 0 Å². The van der Waals surface area contributed by atoms with E-state index in [0.29, 0.717) is 21.5 Å². The fourth-order valence-electron chi connectivity index (χ4n) is 1.18. The Morgan fingerprint density at radius 2 is 2.06 bits per heavy atom. The van der Waals surface area contributed by atoms with Crippen molar-refractivity contribution < 1.29 is 4.74 Å². The molecule has 2 rings (SSSR count). The third-order valence-electron chi connectivity index (χ3n) is 1.98. The molecule has 0 aliphatic heterocycles. The second-order valence-corrected chi connectivity index (χ2v) is 4.55. The van der Waals surface area contributed by atoms with Crippen LogP contribution in [0.2, 0.25) is 10.0 Å². The molecule has 1 heterocycles. The van der Waals surface area contributed by atoms with Gasteiger partial charge in [-0.25, -0.2) is 4.98 Å². The predicted octanol–water partition coefficient (Wildman–Crippen LogP) is 3.21. The fourth-order valence-corrected chi connectivity index (χ4v) is 1.61. The van der Waals surface area contributed by atoms with Crippen LogP contribution in [0.5, 0.6) is 11.8 Å². The summed E-state index contributed by atoms with van der Waals surface area (Å²) in [6.07, 6.45) is 1.50. The van der Waals surface area contributed by atoms with Gasteiger partial charge in [0.15, 0.2) is 5.75 Å². The molecule has 0 atom stereocenters. The lowest BCUT2D eigenvalue weighted by atomic mass is 10.3. The quantitative estimate of drug-likeness (QED) is 0.882. The lowest BCUT2D eigenvalue weighted by molar-refractivity contribution is 0.441. The van der Waals surface area contributed by atoms with E-state index in [9.17, 15) is 0 Å². The van der Waals surface area contributed by atoms with Crippen LogP contribution in [0.25, 0.3) is 0 Å². The number of benzene rings is 1. The van der Waals surface area contributed by atoms with E-state index in [1.165, 1.54) is 6.20 Å². The van der Waals surface area contributed by atoms with Crippen LogP contribution >= 0.6 is 35.4 Å². The zero-order valence-corrected chi connectivity index (χ0v) is 11.3. The highest BCUT2D eigenvalue weighted by atomic mass is 35.5. The number of aromatic nitrogens is 2. The van der Waals surface area contributed by atoms with Gasteiger partial charge in [0, 0.05) is 17.3 Å². The average molecular weight is 300 g/mol. The van der Waals surface area contributed by atoms with Gasteiger partial charge >= 0.3 is 6.01 Å². The zero-order chi connectivity index (χ0) is 13.1. The minimum absolute atomic E-state index is 0.101. The number of rotatable bonds is 3. The van der Waals surface area contributed by atoms with Crippen molar-refractivity contribution in [2.24, 2.45) is 5.73 Å². The molecule has 2 N–H and O–H groups in total. The Morgan fingerprint density at radius 1 is 1.28 bits per heavy atom. The summed E-state index contributed by atoms with van der Waals surface area (Å²) in [5, 5.41) is 0.906. The fraction of sp³-hybridized carbons (Fsp3) is 0. The van der Waals surface area contributed by atoms with Crippen molar-refractivity contribution in [2.75, 3.05) is 0 Å². The Kier molecular flexibility index (Phi) is 3.96. The van der Waals surface area contributed by atoms with Crippen molar-refractivity contribution in [1.82, 2.24) is 9.97 Å². The largest absolute Gasteiger partial charge is 0.423 e. The molecule has 0 aliphatic rings. The minimum atomic E-state index is 0.101. The van der Waals surface area contributed by atoms with Crippen LogP contribution < -0.4 is 10.5 Å². The highest BCUT2D eigenvalue weighted by molar-refractivity contribution is 7.80. The van der Waals surface area contributed by atoms with Gasteiger partial charge in [-0.3, -0.25) is 0 Å². The molecule has 0 amide bonds. The number of hydrogen-bond donors (Lipinski definition) is 1. The van der Waals surface area contributed by atoms with Crippen molar-refractivity contribution in [3.05, 3.63) is 46.2 Å². The molecule has 0 fully saturated rings. The Bertz CT molecular complexity index is 607. The lowest BCUT2D eigenvalue weighted by Gasteiger charge is -2.06. The molecule has 0 spiro atoms. The van der Waals surface area contributed by atoms with E-state index in [-0.39, 0.29) is 11.0 Å². The molecule has 0 aliphatic carbocycles. The first-order chi connectivity index (χ1) is 8.56. The predicted molar refractivity (Wildman–Crippen MR) is 74.5 cm³/mol. The maximum Gasteiger partial charge on any atom is 0.322 e. The van der Waals surface area contributed by atoms with E-state index in [4.69, 9.17) is 45.9 Å². The SMILES string of the molecule is NC(=S)c1ccnc(Oc2cc(Cl)ccc2Cl)n1. The molecule has 0 unspecified atom stereocenters. The monoisotopic (exact) mass is 299 g/mol. The van der Waals surface area contributed by atoms with Gasteiger partial charge in [0.25, 0.3) is 0 Å². The smallest absolute Gasteiger partial charge is 0.322 e. The van der Waals surface area contributed by atoms with Gasteiger partial charge in [-0.15, -0.1) is 0 Å². The maximum absolute atomic E-state index is 5.96. The molecule has 0 bridgehead atoms. The normalized spacial score (nSPS) is 10.1. The van der Waals surface area contributed by atoms with Gasteiger partial charge in [-0.05, 0) is 18.2 Å². The van der Waals surface area contributed by atoms with Crippen molar-refractivity contribution in [3.63, 3.8) is 0 Å². The number of nitrogens with zero attached hydrogens (tertiary/aromatic N) is 2. The maximum atomic E-state index is 5.96. The molecule has 92 valence electrons. The summed E-state index contributed by atoms with van der Waals surface area (Å²) < 4.78 is 5.43. The van der Waals surface area contributed by atoms with Crippen LogP contribution in [0.4, 0.5) is 0 Å². The summed E-state index contributed by atoms with van der Waals surface area (Å²) in [6, 6.07) is 6.54. The van der Waals surface area contributed by atoms with Gasteiger partial charge in [0.05, 0.1) is 5.02 Å². The van der Waals surface area contributed by atoms with E-state index in [1.807, 2.05) is 0 Å². The molecular weight excluding hydrogens is 293 g/mol. The summed E-state index contributed by atoms with van der Waals surface area (Å²) in [6.45, 7) is 0. The first kappa shape index (κ1) is 13.0. The molecule has 0 radical (unpaired) electrons. The Labute approximate surface area is 119 Å². The van der Waals surface area contributed by atoms with Gasteiger partial charge in [0.2, 0.25) is 0 Å². The average Bonchev–Trinajstić information content (AvgIpc) is 2.34. The van der Waals surface area contributed by atoms with Crippen LogP contribution in [-0.4, -0.2) is 15.0 Å². The van der Waals surface area contributed by atoms with E-state index < -0.39 is 0 Å². The van der Waals surface area contributed by atoms with E-state index in [0.717, 1.165) is 0 Å². The topological polar surface area (TPSA) is 61.0 Å². The van der Waals surface area contributed by atoms with Crippen molar-refractivity contribution in [3.8, 4) is 11.8 Å². The van der Waals surface area contributed by atoms with Crippen LogP contribution in [-0.2, 0) is 0 Å². The molecule has 18 heavy (non-hydrogen) atoms. The second kappa shape index (κ2) is 5.48. The summed E-state index contributed by atoms with van der Waals surface area (Å²) in [5.41, 5.74) is 5.89. The molecule has 0 saturated heterocycles. The highest BCUT2D eigenvalue weighted by Gasteiger charge is 2.07. The van der Waals surface area contributed by atoms with Crippen molar-refractivity contribution in [2.45, 2.75) is 0 Å². The standard InChI is InChI=1S/C11H7Cl2N3OS/c12-6-1-2-7(13)9(5-6)17-11-15-4-3-8(16-11)10(14)18/h1-5H,(H2,14,18). The minimum Gasteiger partial charge on any atom is -0.423 e. The summed E-state index contributed by atoms with van der Waals surface area (Å²) in [7, 11) is 0. The first-order valence-electron chi connectivity index (χ1n) is 4.82. The number of hydrogen-bond acceptors (Lipinski definition) is 4. The Balaban J connectivity index is 2.31. The van der Waals surface area contributed by atoms with Crippen molar-refractivity contribution in [1.29, 1.82) is 0 Å². The van der Waals surface area contributed by atoms with E-state index >= 15 is 0 Å². The molecule has 1 aromatic carbocycles. The molecule has 2 aromatic rings. The number of thiocarbonyl (C=S) groups is 1. The summed E-state index contributed by atoms with van der Waals surface area (Å²) in [5.74, 6) is 0.365.